The van der Waals surface area contributed by atoms with Crippen molar-refractivity contribution in [1.29, 1.82) is 0 Å². The summed E-state index contributed by atoms with van der Waals surface area (Å²) in [5.41, 5.74) is 7.23. The van der Waals surface area contributed by atoms with E-state index in [1.807, 2.05) is 24.0 Å². The third kappa shape index (κ3) is 1.71. The van der Waals surface area contributed by atoms with Crippen molar-refractivity contribution in [3.8, 4) is 0 Å². The van der Waals surface area contributed by atoms with Gasteiger partial charge in [0.25, 0.3) is 0 Å². The number of hydrogen-bond donors (Lipinski definition) is 1. The molecule has 2 N–H and O–H groups in total. The zero-order valence-electron chi connectivity index (χ0n) is 8.00. The van der Waals surface area contributed by atoms with E-state index in [-0.39, 0.29) is 12.1 Å². The molecule has 2 aromatic rings. The predicted octanol–water partition coefficient (Wildman–Crippen LogP) is 1.88. The molecular weight excluding hydrogens is 194 g/mol. The normalized spacial score (nSPS) is 15.3. The Kier molecular flexibility index (Phi) is 2.65. The highest BCUT2D eigenvalue weighted by Gasteiger charge is 2.17. The first kappa shape index (κ1) is 9.43. The molecule has 14 heavy (non-hydrogen) atoms. The van der Waals surface area contributed by atoms with Crippen molar-refractivity contribution in [3.63, 3.8) is 0 Å². The molecule has 0 aromatic carbocycles. The lowest BCUT2D eigenvalue weighted by atomic mass is 10.0. The first-order valence-corrected chi connectivity index (χ1v) is 5.48. The van der Waals surface area contributed by atoms with Crippen LogP contribution in [0.25, 0.3) is 0 Å². The van der Waals surface area contributed by atoms with Gasteiger partial charge < -0.3 is 10.3 Å². The van der Waals surface area contributed by atoms with Crippen LogP contribution in [-0.2, 0) is 0 Å². The van der Waals surface area contributed by atoms with Crippen LogP contribution in [0.1, 0.15) is 18.5 Å². The van der Waals surface area contributed by atoms with Crippen molar-refractivity contribution in [2.75, 3.05) is 0 Å². The quantitative estimate of drug-likeness (QED) is 0.835. The van der Waals surface area contributed by atoms with E-state index in [0.717, 1.165) is 0 Å². The van der Waals surface area contributed by atoms with Crippen molar-refractivity contribution in [3.05, 3.63) is 41.1 Å². The molecule has 0 radical (unpaired) electrons. The second-order valence-electron chi connectivity index (χ2n) is 3.37. The van der Waals surface area contributed by atoms with Gasteiger partial charge in [0.05, 0.1) is 12.4 Å². The van der Waals surface area contributed by atoms with Crippen LogP contribution in [0.3, 0.4) is 0 Å². The molecule has 0 spiro atoms. The molecule has 0 saturated carbocycles. The highest BCUT2D eigenvalue weighted by molar-refractivity contribution is 7.07. The average Bonchev–Trinajstić information content (AvgIpc) is 2.75. The molecule has 2 aromatic heterocycles. The Morgan fingerprint density at radius 3 is 2.93 bits per heavy atom. The molecule has 0 aliphatic rings. The molecule has 4 heteroatoms. The van der Waals surface area contributed by atoms with Gasteiger partial charge in [0, 0.05) is 18.4 Å². The summed E-state index contributed by atoms with van der Waals surface area (Å²) in [6.45, 7) is 2.02. The molecule has 74 valence electrons. The number of hydrogen-bond acceptors (Lipinski definition) is 3. The van der Waals surface area contributed by atoms with Gasteiger partial charge in [-0.05, 0) is 29.3 Å². The minimum atomic E-state index is 0.0822. The number of nitrogens with zero attached hydrogens (tertiary/aromatic N) is 2. The zero-order chi connectivity index (χ0) is 9.97. The van der Waals surface area contributed by atoms with E-state index in [2.05, 4.69) is 21.8 Å². The maximum Gasteiger partial charge on any atom is 0.0952 e. The Bertz CT molecular complexity index is 330. The van der Waals surface area contributed by atoms with E-state index in [0.29, 0.717) is 0 Å². The van der Waals surface area contributed by atoms with E-state index in [1.54, 1.807) is 17.5 Å². The van der Waals surface area contributed by atoms with Crippen LogP contribution in [0, 0.1) is 0 Å². The fraction of sp³-hybridized carbons (Fsp3) is 0.300. The maximum absolute atomic E-state index is 5.98. The molecule has 2 rings (SSSR count). The van der Waals surface area contributed by atoms with Crippen molar-refractivity contribution in [2.24, 2.45) is 5.73 Å². The monoisotopic (exact) mass is 207 g/mol. The number of nitrogens with two attached hydrogens (primary N) is 1. The molecule has 0 aliphatic carbocycles. The number of thiophene rings is 1. The highest BCUT2D eigenvalue weighted by atomic mass is 32.1. The van der Waals surface area contributed by atoms with Crippen LogP contribution < -0.4 is 5.73 Å². The van der Waals surface area contributed by atoms with Crippen molar-refractivity contribution < 1.29 is 0 Å². The Balaban J connectivity index is 2.35. The molecular formula is C10H13N3S. The van der Waals surface area contributed by atoms with Crippen LogP contribution in [-0.4, -0.2) is 15.6 Å². The summed E-state index contributed by atoms with van der Waals surface area (Å²) in [6.07, 6.45) is 5.54. The molecule has 0 aliphatic heterocycles. The standard InChI is InChI=1S/C10H13N3S/c1-8(11)10(9-2-5-14-6-9)13-4-3-12-7-13/h2-8,10H,11H2,1H3. The third-order valence-corrected chi connectivity index (χ3v) is 2.93. The van der Waals surface area contributed by atoms with Crippen LogP contribution in [0.5, 0.6) is 0 Å². The lowest BCUT2D eigenvalue weighted by Gasteiger charge is -2.21. The largest absolute Gasteiger partial charge is 0.328 e. The molecule has 2 unspecified atom stereocenters. The molecule has 2 atom stereocenters. The minimum absolute atomic E-state index is 0.0822. The molecule has 3 nitrogen and oxygen atoms in total. The SMILES string of the molecule is CC(N)C(c1ccsc1)n1ccnc1. The lowest BCUT2D eigenvalue weighted by molar-refractivity contribution is 0.497. The molecule has 0 amide bonds. The predicted molar refractivity (Wildman–Crippen MR) is 58.3 cm³/mol. The first-order chi connectivity index (χ1) is 6.79. The van der Waals surface area contributed by atoms with Gasteiger partial charge in [0.1, 0.15) is 0 Å². The Morgan fingerprint density at radius 1 is 1.57 bits per heavy atom. The minimum Gasteiger partial charge on any atom is -0.328 e. The average molecular weight is 207 g/mol. The highest BCUT2D eigenvalue weighted by Crippen LogP contribution is 2.22. The zero-order valence-corrected chi connectivity index (χ0v) is 8.82. The Hall–Kier alpha value is -1.13. The van der Waals surface area contributed by atoms with E-state index >= 15 is 0 Å². The van der Waals surface area contributed by atoms with Crippen LogP contribution in [0.2, 0.25) is 0 Å². The van der Waals surface area contributed by atoms with Gasteiger partial charge in [-0.1, -0.05) is 0 Å². The summed E-state index contributed by atoms with van der Waals surface area (Å²) in [5.74, 6) is 0. The van der Waals surface area contributed by atoms with Gasteiger partial charge in [-0.15, -0.1) is 0 Å². The number of aromatic nitrogens is 2. The van der Waals surface area contributed by atoms with E-state index in [4.69, 9.17) is 5.73 Å². The van der Waals surface area contributed by atoms with Gasteiger partial charge >= 0.3 is 0 Å². The fourth-order valence-corrected chi connectivity index (χ4v) is 2.31. The van der Waals surface area contributed by atoms with Crippen LogP contribution in [0.4, 0.5) is 0 Å². The summed E-state index contributed by atoms with van der Waals surface area (Å²) in [4.78, 5) is 4.05. The van der Waals surface area contributed by atoms with Crippen LogP contribution in [0.15, 0.2) is 35.5 Å². The van der Waals surface area contributed by atoms with E-state index < -0.39 is 0 Å². The number of imidazole rings is 1. The van der Waals surface area contributed by atoms with Gasteiger partial charge in [-0.25, -0.2) is 4.98 Å². The smallest absolute Gasteiger partial charge is 0.0952 e. The Labute approximate surface area is 87.2 Å². The second-order valence-corrected chi connectivity index (χ2v) is 4.15. The Morgan fingerprint density at radius 2 is 2.43 bits per heavy atom. The summed E-state index contributed by atoms with van der Waals surface area (Å²) >= 11 is 1.69. The van der Waals surface area contributed by atoms with Gasteiger partial charge in [0.2, 0.25) is 0 Å². The summed E-state index contributed by atoms with van der Waals surface area (Å²) in [7, 11) is 0. The lowest BCUT2D eigenvalue weighted by Crippen LogP contribution is -2.29. The van der Waals surface area contributed by atoms with Crippen molar-refractivity contribution in [2.45, 2.75) is 19.0 Å². The van der Waals surface area contributed by atoms with Gasteiger partial charge in [-0.2, -0.15) is 11.3 Å². The van der Waals surface area contributed by atoms with Crippen molar-refractivity contribution >= 4 is 11.3 Å². The number of rotatable bonds is 3. The topological polar surface area (TPSA) is 43.8 Å². The summed E-state index contributed by atoms with van der Waals surface area (Å²) in [5, 5.41) is 4.20. The van der Waals surface area contributed by atoms with E-state index in [1.165, 1.54) is 5.56 Å². The molecule has 2 heterocycles. The van der Waals surface area contributed by atoms with Crippen LogP contribution >= 0.6 is 11.3 Å². The first-order valence-electron chi connectivity index (χ1n) is 4.54. The van der Waals surface area contributed by atoms with Gasteiger partial charge in [0.15, 0.2) is 0 Å². The molecule has 0 fully saturated rings. The van der Waals surface area contributed by atoms with E-state index in [9.17, 15) is 0 Å². The molecule has 0 bridgehead atoms. The van der Waals surface area contributed by atoms with Gasteiger partial charge in [-0.3, -0.25) is 0 Å². The second kappa shape index (κ2) is 3.94. The summed E-state index contributed by atoms with van der Waals surface area (Å²) in [6, 6.07) is 2.39. The molecule has 0 saturated heterocycles. The maximum atomic E-state index is 5.98. The third-order valence-electron chi connectivity index (χ3n) is 2.23. The fourth-order valence-electron chi connectivity index (χ4n) is 1.62. The summed E-state index contributed by atoms with van der Waals surface area (Å²) < 4.78 is 2.05. The van der Waals surface area contributed by atoms with Crippen molar-refractivity contribution in [1.82, 2.24) is 9.55 Å².